The van der Waals surface area contributed by atoms with Crippen LogP contribution in [0, 0.1) is 31.3 Å². The lowest BCUT2D eigenvalue weighted by molar-refractivity contribution is -0.139. The zero-order valence-corrected chi connectivity index (χ0v) is 74.8. The van der Waals surface area contributed by atoms with Gasteiger partial charge in [0.25, 0.3) is 0 Å². The number of ether oxygens (including phenoxy) is 6. The third-order valence-corrected chi connectivity index (χ3v) is 23.4. The van der Waals surface area contributed by atoms with E-state index in [9.17, 15) is 73.2 Å². The molecule has 121 heavy (non-hydrogen) atoms. The molecule has 10 aromatic rings. The summed E-state index contributed by atoms with van der Waals surface area (Å²) in [6.45, 7) is 25.8. The number of halogens is 10. The van der Waals surface area contributed by atoms with Gasteiger partial charge in [-0.2, -0.15) is 78.2 Å². The van der Waals surface area contributed by atoms with Crippen molar-refractivity contribution in [3.05, 3.63) is 240 Å². The Morgan fingerprint density at radius 1 is 0.322 bits per heavy atom. The van der Waals surface area contributed by atoms with Gasteiger partial charge in [-0.05, 0) is 195 Å². The molecule has 656 valence electrons. The predicted molar refractivity (Wildman–Crippen MR) is 450 cm³/mol. The Morgan fingerprint density at radius 2 is 0.587 bits per heavy atom. The van der Waals surface area contributed by atoms with Gasteiger partial charge in [0.15, 0.2) is 11.6 Å². The zero-order valence-electron chi connectivity index (χ0n) is 69.4. The molecule has 0 aliphatic carbocycles. The average molecular weight is 1890 g/mol. The minimum atomic E-state index is -4.72. The molecule has 1 aromatic heterocycles. The fourth-order valence-corrected chi connectivity index (χ4v) is 15.4. The maximum atomic E-state index is 13.3. The van der Waals surface area contributed by atoms with Crippen LogP contribution >= 0.6 is 22.6 Å². The summed E-state index contributed by atoms with van der Waals surface area (Å²) in [6.07, 6.45) is -12.8. The lowest BCUT2D eigenvalue weighted by Crippen LogP contribution is -2.14. The summed E-state index contributed by atoms with van der Waals surface area (Å²) in [5.74, 6) is -0.331. The molecule has 9 aromatic carbocycles. The molecule has 0 unspecified atom stereocenters. The molecule has 0 bridgehead atoms. The molecular formula is C85H94F9IN4O18S4. The molecule has 36 heteroatoms. The lowest BCUT2D eigenvalue weighted by atomic mass is 9.99. The Morgan fingerprint density at radius 3 is 0.860 bits per heavy atom. The van der Waals surface area contributed by atoms with Crippen LogP contribution in [0.2, 0.25) is 0 Å². The number of rotatable bonds is 24. The van der Waals surface area contributed by atoms with Gasteiger partial charge in [-0.15, -0.1) is 0 Å². The smallest absolute Gasteiger partial charge is 0.420 e. The summed E-state index contributed by atoms with van der Waals surface area (Å²) < 4.78 is 271. The molecule has 0 atom stereocenters. The fourth-order valence-electron chi connectivity index (χ4n) is 11.0. The predicted octanol–water partition coefficient (Wildman–Crippen LogP) is 21.8. The van der Waals surface area contributed by atoms with Gasteiger partial charge in [-0.1, -0.05) is 140 Å². The molecule has 0 spiro atoms. The summed E-state index contributed by atoms with van der Waals surface area (Å²) in [6, 6.07) is 39.3. The third-order valence-electron chi connectivity index (χ3n) is 17.6. The Hall–Kier alpha value is -10.4. The summed E-state index contributed by atoms with van der Waals surface area (Å²) in [7, 11) is -9.68. The molecule has 0 saturated heterocycles. The van der Waals surface area contributed by atoms with Crippen molar-refractivity contribution in [3.63, 3.8) is 0 Å². The Kier molecular flexibility index (Phi) is 34.0. The molecule has 1 heterocycles. The van der Waals surface area contributed by atoms with E-state index in [2.05, 4.69) is 32.6 Å². The van der Waals surface area contributed by atoms with E-state index in [1.165, 1.54) is 43.6 Å². The largest absolute Gasteiger partial charge is 0.497 e. The Bertz CT molecular complexity index is 5560. The monoisotopic (exact) mass is 1880 g/mol. The highest BCUT2D eigenvalue weighted by atomic mass is 127. The van der Waals surface area contributed by atoms with Crippen LogP contribution in [0.4, 0.5) is 51.3 Å². The van der Waals surface area contributed by atoms with Crippen molar-refractivity contribution >= 4 is 74.8 Å². The molecule has 10 rings (SSSR count). The van der Waals surface area contributed by atoms with Crippen LogP contribution in [-0.2, 0) is 59.0 Å². The van der Waals surface area contributed by atoms with Crippen LogP contribution in [-0.4, -0.2) is 79.2 Å². The topological polar surface area (TPSA) is 307 Å². The van der Waals surface area contributed by atoms with Crippen molar-refractivity contribution in [2.24, 2.45) is 0 Å². The van der Waals surface area contributed by atoms with E-state index in [0.717, 1.165) is 69.4 Å². The molecule has 0 saturated carbocycles. The normalized spacial score (nSPS) is 11.9. The van der Waals surface area contributed by atoms with E-state index in [1.807, 2.05) is 61.5 Å². The number of aryl methyl sites for hydroxylation is 4. The van der Waals surface area contributed by atoms with Crippen LogP contribution < -0.4 is 56.6 Å². The van der Waals surface area contributed by atoms with Crippen LogP contribution in [0.1, 0.15) is 166 Å². The minimum absolute atomic E-state index is 0.00167. The second-order valence-electron chi connectivity index (χ2n) is 28.4. The van der Waals surface area contributed by atoms with Gasteiger partial charge in [0, 0.05) is 27.8 Å². The summed E-state index contributed by atoms with van der Waals surface area (Å²) >= 11 is 2.10. The first kappa shape index (κ1) is 99.4. The van der Waals surface area contributed by atoms with E-state index >= 15 is 0 Å². The highest BCUT2D eigenvalue weighted by Gasteiger charge is 2.40. The molecule has 22 nitrogen and oxygen atoms in total. The van der Waals surface area contributed by atoms with Gasteiger partial charge in [0.05, 0.1) is 45.3 Å². The summed E-state index contributed by atoms with van der Waals surface area (Å²) in [4.78, 5) is 7.46. The molecule has 0 amide bonds. The summed E-state index contributed by atoms with van der Waals surface area (Å²) in [5.41, 5.74) is 14.3. The molecular weight excluding hydrogens is 1790 g/mol. The first-order valence-electron chi connectivity index (χ1n) is 36.6. The van der Waals surface area contributed by atoms with E-state index in [4.69, 9.17) is 56.6 Å². The number of nitrogens with zero attached hydrogens (tertiary/aromatic N) is 2. The second-order valence-corrected chi connectivity index (χ2v) is 35.8. The first-order valence-corrected chi connectivity index (χ1v) is 43.4. The number of alkyl halides is 9. The van der Waals surface area contributed by atoms with Crippen molar-refractivity contribution in [3.8, 4) is 63.2 Å². The molecule has 0 radical (unpaired) electrons. The van der Waals surface area contributed by atoms with E-state index in [1.54, 1.807) is 153 Å². The first-order chi connectivity index (χ1) is 56.1. The third kappa shape index (κ3) is 27.3. The van der Waals surface area contributed by atoms with E-state index in [-0.39, 0.29) is 101 Å². The SMILES string of the molecule is COc1cc(C(C)C)c(OS(=O)(=O)c2ccc(C)cc2)cc1C(F)(F)F.COc1cc(C(C)C)c(OS(=O)(=O)c2ccc(C)cc2)cc1C(F)(F)F.COc1cc(C(C)C)c(OS(=O)(=O)c2ccc(C)cc2)cc1I.COc1cc(C(C)C)c(Oc2cnc(N)nc2N)cc1C(F)(F)F.COc1ccc(OS(=O)(=O)c2ccc(C)cc2)c(C(C)C)c1. The van der Waals surface area contributed by atoms with Crippen LogP contribution in [0.15, 0.2) is 190 Å². The number of nitrogen functional groups attached to an aromatic ring is 2. The highest BCUT2D eigenvalue weighted by molar-refractivity contribution is 14.1. The molecule has 0 aliphatic rings. The Balaban J connectivity index is 0.000000235. The lowest BCUT2D eigenvalue weighted by Gasteiger charge is -2.19. The van der Waals surface area contributed by atoms with Crippen molar-refractivity contribution < 1.29 is 118 Å². The van der Waals surface area contributed by atoms with Crippen LogP contribution in [0.25, 0.3) is 0 Å². The summed E-state index contributed by atoms with van der Waals surface area (Å²) in [5, 5.41) is 0. The number of hydrogen-bond acceptors (Lipinski definition) is 22. The van der Waals surface area contributed by atoms with Gasteiger partial charge in [0.1, 0.15) is 93.8 Å². The number of hydrogen-bond donors (Lipinski definition) is 2. The number of methoxy groups -OCH3 is 5. The highest BCUT2D eigenvalue weighted by Crippen LogP contribution is 2.47. The minimum Gasteiger partial charge on any atom is -0.497 e. The standard InChI is InChI=1S/2C18H19F3O4S.C17H19IO4S.C17H20O4S.C15H17F3N4O2/c2*1-11(2)14-9-17(24-4)15(18(19,20)21)10-16(14)25-26(22,23)13-7-5-12(3)6-8-13;1-11(2)14-9-17(21-4)15(18)10-16(14)22-23(19,20)13-7-5-12(3)6-8-13;1-12(2)16-11-14(20-4)7-10-17(16)21-22(18,19)15-8-5-13(3)6-9-15;1-7(2)8-4-11(23-3)9(15(16,17)18)5-10(8)24-12-6-21-14(20)22-13(12)19/h2*5-11H,1-4H3;5-11H,1-4H3;5-12H,1-4H3;4-7H,1-3H3,(H4,19,20,21,22). The molecule has 0 fully saturated rings. The van der Waals surface area contributed by atoms with Gasteiger partial charge in [-0.3, -0.25) is 0 Å². The van der Waals surface area contributed by atoms with Gasteiger partial charge >= 0.3 is 59.0 Å². The van der Waals surface area contributed by atoms with E-state index in [0.29, 0.717) is 51.8 Å². The van der Waals surface area contributed by atoms with Gasteiger partial charge in [-0.25, -0.2) is 4.98 Å². The van der Waals surface area contributed by atoms with Crippen molar-refractivity contribution in [2.75, 3.05) is 47.0 Å². The maximum Gasteiger partial charge on any atom is 0.420 e. The van der Waals surface area contributed by atoms with E-state index < -0.39 is 75.7 Å². The zero-order chi connectivity index (χ0) is 91.0. The second kappa shape index (κ2) is 41.4. The molecule has 4 N–H and O–H groups in total. The van der Waals surface area contributed by atoms with Crippen molar-refractivity contribution in [2.45, 2.75) is 165 Å². The molecule has 0 aliphatic heterocycles. The number of aromatic nitrogens is 2. The maximum absolute atomic E-state index is 13.3. The van der Waals surface area contributed by atoms with Crippen LogP contribution in [0.3, 0.4) is 0 Å². The van der Waals surface area contributed by atoms with Gasteiger partial charge < -0.3 is 56.6 Å². The quantitative estimate of drug-likeness (QED) is 0.0322. The Labute approximate surface area is 713 Å². The number of nitrogens with two attached hydrogens (primary N) is 2. The van der Waals surface area contributed by atoms with Crippen molar-refractivity contribution in [1.82, 2.24) is 9.97 Å². The van der Waals surface area contributed by atoms with Gasteiger partial charge in [0.2, 0.25) is 5.95 Å². The fraction of sp³-hybridized carbons (Fsp3) is 0.318. The average Bonchev–Trinajstić information content (AvgIpc) is 0.777. The number of anilines is 2. The van der Waals surface area contributed by atoms with Crippen LogP contribution in [0.5, 0.6) is 63.2 Å². The number of benzene rings is 9. The van der Waals surface area contributed by atoms with Crippen molar-refractivity contribution in [1.29, 1.82) is 0 Å².